The zero-order valence-corrected chi connectivity index (χ0v) is 11.0. The van der Waals surface area contributed by atoms with Crippen molar-refractivity contribution in [3.8, 4) is 0 Å². The lowest BCUT2D eigenvalue weighted by Crippen LogP contribution is -2.44. The van der Waals surface area contributed by atoms with Crippen molar-refractivity contribution in [3.05, 3.63) is 34.9 Å². The lowest BCUT2D eigenvalue weighted by molar-refractivity contribution is 0.347. The number of aliphatic imine (C=N–C) groups is 1. The normalized spacial score (nSPS) is 30.6. The summed E-state index contributed by atoms with van der Waals surface area (Å²) in [5.74, 6) is 1.06. The van der Waals surface area contributed by atoms with Gasteiger partial charge in [-0.1, -0.05) is 29.8 Å². The number of nitrogens with two attached hydrogens (primary N) is 1. The van der Waals surface area contributed by atoms with Gasteiger partial charge in [0.05, 0.1) is 12.1 Å². The molecule has 0 spiro atoms. The first-order chi connectivity index (χ1) is 8.72. The molecule has 3 unspecified atom stereocenters. The second-order valence-corrected chi connectivity index (χ2v) is 5.64. The van der Waals surface area contributed by atoms with Crippen LogP contribution in [-0.2, 0) is 6.42 Å². The Labute approximate surface area is 112 Å². The van der Waals surface area contributed by atoms with Crippen LogP contribution in [0.4, 0.5) is 0 Å². The third-order valence-electron chi connectivity index (χ3n) is 3.84. The lowest BCUT2D eigenvalue weighted by Gasteiger charge is -2.28. The number of hydrogen-bond donors (Lipinski definition) is 2. The number of halogens is 1. The van der Waals surface area contributed by atoms with Gasteiger partial charge in [0.15, 0.2) is 0 Å². The van der Waals surface area contributed by atoms with E-state index in [1.165, 1.54) is 0 Å². The van der Waals surface area contributed by atoms with Crippen LogP contribution in [0.1, 0.15) is 24.8 Å². The van der Waals surface area contributed by atoms with E-state index in [2.05, 4.69) is 11.4 Å². The molecular formula is C14H18ClN3. The third-order valence-corrected chi connectivity index (χ3v) is 4.21. The molecule has 0 radical (unpaired) electrons. The third kappa shape index (κ3) is 2.38. The predicted octanol–water partition coefficient (Wildman–Crippen LogP) is 2.13. The second-order valence-electron chi connectivity index (χ2n) is 5.24. The molecule has 18 heavy (non-hydrogen) atoms. The Morgan fingerprint density at radius 2 is 2.17 bits per heavy atom. The van der Waals surface area contributed by atoms with E-state index < -0.39 is 0 Å². The van der Waals surface area contributed by atoms with Crippen molar-refractivity contribution in [3.63, 3.8) is 0 Å². The smallest absolute Gasteiger partial charge is 0.101 e. The molecule has 2 aliphatic rings. The van der Waals surface area contributed by atoms with E-state index in [0.29, 0.717) is 18.1 Å². The summed E-state index contributed by atoms with van der Waals surface area (Å²) in [6.45, 7) is 0. The highest BCUT2D eigenvalue weighted by Crippen LogP contribution is 2.25. The van der Waals surface area contributed by atoms with Gasteiger partial charge in [-0.2, -0.15) is 0 Å². The van der Waals surface area contributed by atoms with Gasteiger partial charge in [0, 0.05) is 17.5 Å². The molecule has 1 saturated carbocycles. The SMILES string of the molecule is NC1CCC2N=C(Cc3ccccc3Cl)NC2C1. The average Bonchev–Trinajstić information content (AvgIpc) is 2.73. The minimum atomic E-state index is 0.327. The summed E-state index contributed by atoms with van der Waals surface area (Å²) < 4.78 is 0. The van der Waals surface area contributed by atoms with Gasteiger partial charge in [-0.15, -0.1) is 0 Å². The number of nitrogens with one attached hydrogen (secondary N) is 1. The van der Waals surface area contributed by atoms with Crippen LogP contribution in [0.15, 0.2) is 29.3 Å². The fraction of sp³-hybridized carbons (Fsp3) is 0.500. The summed E-state index contributed by atoms with van der Waals surface area (Å²) in [6, 6.07) is 9.13. The molecule has 1 aliphatic carbocycles. The van der Waals surface area contributed by atoms with E-state index in [0.717, 1.165) is 42.1 Å². The van der Waals surface area contributed by atoms with E-state index in [1.807, 2.05) is 18.2 Å². The molecular weight excluding hydrogens is 246 g/mol. The van der Waals surface area contributed by atoms with Gasteiger partial charge in [0.1, 0.15) is 5.84 Å². The van der Waals surface area contributed by atoms with Gasteiger partial charge in [-0.25, -0.2) is 0 Å². The maximum Gasteiger partial charge on any atom is 0.101 e. The van der Waals surface area contributed by atoms with E-state index >= 15 is 0 Å². The number of amidine groups is 1. The van der Waals surface area contributed by atoms with Gasteiger partial charge < -0.3 is 11.1 Å². The van der Waals surface area contributed by atoms with E-state index in [4.69, 9.17) is 22.3 Å². The molecule has 3 atom stereocenters. The molecule has 0 aromatic heterocycles. The first-order valence-electron chi connectivity index (χ1n) is 6.54. The summed E-state index contributed by atoms with van der Waals surface area (Å²) in [4.78, 5) is 4.77. The van der Waals surface area contributed by atoms with Crippen molar-refractivity contribution in [2.24, 2.45) is 10.7 Å². The van der Waals surface area contributed by atoms with E-state index in [-0.39, 0.29) is 0 Å². The fourth-order valence-electron chi connectivity index (χ4n) is 2.87. The van der Waals surface area contributed by atoms with Gasteiger partial charge >= 0.3 is 0 Å². The lowest BCUT2D eigenvalue weighted by atomic mass is 9.88. The molecule has 0 bridgehead atoms. The topological polar surface area (TPSA) is 50.4 Å². The largest absolute Gasteiger partial charge is 0.369 e. The molecule has 3 rings (SSSR count). The van der Waals surface area contributed by atoms with Gasteiger partial charge in [0.25, 0.3) is 0 Å². The zero-order chi connectivity index (χ0) is 12.5. The summed E-state index contributed by atoms with van der Waals surface area (Å²) in [7, 11) is 0. The molecule has 1 aromatic carbocycles. The number of rotatable bonds is 2. The molecule has 3 nitrogen and oxygen atoms in total. The van der Waals surface area contributed by atoms with Crippen LogP contribution >= 0.6 is 11.6 Å². The quantitative estimate of drug-likeness (QED) is 0.859. The Morgan fingerprint density at radius 3 is 3.00 bits per heavy atom. The van der Waals surface area contributed by atoms with Crippen LogP contribution in [0.5, 0.6) is 0 Å². The molecule has 1 aliphatic heterocycles. The van der Waals surface area contributed by atoms with Crippen LogP contribution < -0.4 is 11.1 Å². The Balaban J connectivity index is 1.70. The summed E-state index contributed by atoms with van der Waals surface area (Å²) in [5.41, 5.74) is 7.13. The number of benzene rings is 1. The van der Waals surface area contributed by atoms with Crippen molar-refractivity contribution >= 4 is 17.4 Å². The molecule has 1 heterocycles. The van der Waals surface area contributed by atoms with Crippen LogP contribution in [-0.4, -0.2) is 24.0 Å². The molecule has 0 amide bonds. The van der Waals surface area contributed by atoms with Crippen LogP contribution in [0.25, 0.3) is 0 Å². The summed E-state index contributed by atoms with van der Waals surface area (Å²) in [6.07, 6.45) is 4.01. The Kier molecular flexibility index (Phi) is 3.27. The van der Waals surface area contributed by atoms with Crippen LogP contribution in [0.3, 0.4) is 0 Å². The highest BCUT2D eigenvalue weighted by Gasteiger charge is 2.33. The Bertz CT molecular complexity index is 472. The highest BCUT2D eigenvalue weighted by atomic mass is 35.5. The molecule has 1 fully saturated rings. The molecule has 0 saturated heterocycles. The van der Waals surface area contributed by atoms with E-state index in [1.54, 1.807) is 0 Å². The molecule has 3 N–H and O–H groups in total. The second kappa shape index (κ2) is 4.90. The van der Waals surface area contributed by atoms with E-state index in [9.17, 15) is 0 Å². The van der Waals surface area contributed by atoms with Gasteiger partial charge in [-0.05, 0) is 30.9 Å². The highest BCUT2D eigenvalue weighted by molar-refractivity contribution is 6.31. The number of fused-ring (bicyclic) bond motifs is 1. The average molecular weight is 264 g/mol. The van der Waals surface area contributed by atoms with Crippen molar-refractivity contribution in [1.29, 1.82) is 0 Å². The van der Waals surface area contributed by atoms with Gasteiger partial charge in [-0.3, -0.25) is 4.99 Å². The minimum Gasteiger partial charge on any atom is -0.369 e. The molecule has 1 aromatic rings. The maximum atomic E-state index is 6.18. The first-order valence-corrected chi connectivity index (χ1v) is 6.92. The van der Waals surface area contributed by atoms with Crippen molar-refractivity contribution in [2.75, 3.05) is 0 Å². The number of hydrogen-bond acceptors (Lipinski definition) is 3. The fourth-order valence-corrected chi connectivity index (χ4v) is 3.07. The standard InChI is InChI=1S/C14H18ClN3/c15-11-4-2-1-3-9(11)7-14-17-12-6-5-10(16)8-13(12)18-14/h1-4,10,12-13H,5-8,16H2,(H,17,18). The predicted molar refractivity (Wildman–Crippen MR) is 75.1 cm³/mol. The van der Waals surface area contributed by atoms with Crippen LogP contribution in [0, 0.1) is 0 Å². The number of nitrogens with zero attached hydrogens (tertiary/aromatic N) is 1. The molecule has 4 heteroatoms. The van der Waals surface area contributed by atoms with Crippen LogP contribution in [0.2, 0.25) is 5.02 Å². The summed E-state index contributed by atoms with van der Waals surface area (Å²) in [5, 5.41) is 4.32. The first kappa shape index (κ1) is 12.0. The van der Waals surface area contributed by atoms with Crippen molar-refractivity contribution in [2.45, 2.75) is 43.8 Å². The Morgan fingerprint density at radius 1 is 1.33 bits per heavy atom. The van der Waals surface area contributed by atoms with Gasteiger partial charge in [0.2, 0.25) is 0 Å². The minimum absolute atomic E-state index is 0.327. The summed E-state index contributed by atoms with van der Waals surface area (Å²) >= 11 is 6.18. The Hall–Kier alpha value is -1.06. The monoisotopic (exact) mass is 263 g/mol. The molecule has 96 valence electrons. The zero-order valence-electron chi connectivity index (χ0n) is 10.3. The van der Waals surface area contributed by atoms with Crippen molar-refractivity contribution in [1.82, 2.24) is 5.32 Å². The van der Waals surface area contributed by atoms with Crippen molar-refractivity contribution < 1.29 is 0 Å². The maximum absolute atomic E-state index is 6.18.